The van der Waals surface area contributed by atoms with E-state index in [0.29, 0.717) is 5.82 Å². The largest absolute Gasteiger partial charge is 0.309 e. The molecule has 0 atom stereocenters. The Hall–Kier alpha value is -14.2. The van der Waals surface area contributed by atoms with Gasteiger partial charge in [0.15, 0.2) is 5.82 Å². The minimum atomic E-state index is -0.1000. The summed E-state index contributed by atoms with van der Waals surface area (Å²) in [5.41, 5.74) is 36.2. The third kappa shape index (κ3) is 9.58. The van der Waals surface area contributed by atoms with Gasteiger partial charge in [-0.25, -0.2) is 9.97 Å². The Labute approximate surface area is 648 Å². The van der Waals surface area contributed by atoms with Crippen LogP contribution in [0.1, 0.15) is 49.9 Å². The second-order valence-electron chi connectivity index (χ2n) is 31.6. The topological polar surface area (TPSA) is 45.5 Å². The second kappa shape index (κ2) is 24.1. The quantitative estimate of drug-likeness (QED) is 0.137. The SMILES string of the molecule is CC1(C)c2ccccc2-c2ccc(-n3c4ccccc4c4cc(-c5ccc6c(c5)c5ccccc5n6-c5ccc(-c6cc(-c7ccc(-c8ccccc8)cc7)nc(-c7ccc(-n8c9ccccc9c9cc(-c%10ccc%11c(c%10)c%10ccccc%10n%11-c%10ccc%11c(c%10)C(C)(C)c%10ccccc%10-%11)ccc98)cc7)n6)cc5)ccc43)cc21. The summed E-state index contributed by atoms with van der Waals surface area (Å²) >= 11 is 0. The molecule has 2 aliphatic rings. The number of hydrogen-bond donors (Lipinski definition) is 0. The van der Waals surface area contributed by atoms with Crippen molar-refractivity contribution in [1.82, 2.24) is 28.2 Å². The molecule has 0 radical (unpaired) electrons. The van der Waals surface area contributed by atoms with Gasteiger partial charge >= 0.3 is 0 Å². The molecule has 0 saturated carbocycles. The Morgan fingerprint density at radius 2 is 0.464 bits per heavy atom. The molecule has 0 N–H and O–H groups in total. The van der Waals surface area contributed by atoms with E-state index in [0.717, 1.165) is 67.1 Å². The predicted molar refractivity (Wildman–Crippen MR) is 467 cm³/mol. The lowest BCUT2D eigenvalue weighted by Crippen LogP contribution is -2.15. The van der Waals surface area contributed by atoms with Crippen molar-refractivity contribution in [2.45, 2.75) is 38.5 Å². The van der Waals surface area contributed by atoms with Crippen molar-refractivity contribution >= 4 is 87.2 Å². The summed E-state index contributed by atoms with van der Waals surface area (Å²) in [5, 5.41) is 9.77. The first kappa shape index (κ1) is 63.9. The third-order valence-corrected chi connectivity index (χ3v) is 24.8. The highest BCUT2D eigenvalue weighted by molar-refractivity contribution is 6.15. The lowest BCUT2D eigenvalue weighted by Gasteiger charge is -2.22. The lowest BCUT2D eigenvalue weighted by molar-refractivity contribution is 0.660. The van der Waals surface area contributed by atoms with Gasteiger partial charge in [-0.2, -0.15) is 0 Å². The Morgan fingerprint density at radius 3 is 0.857 bits per heavy atom. The van der Waals surface area contributed by atoms with Gasteiger partial charge in [0, 0.05) is 93.4 Å². The Balaban J connectivity index is 0.578. The van der Waals surface area contributed by atoms with E-state index in [1.807, 2.05) is 0 Å². The van der Waals surface area contributed by atoms with Gasteiger partial charge < -0.3 is 18.3 Å². The summed E-state index contributed by atoms with van der Waals surface area (Å²) in [7, 11) is 0. The molecule has 5 heterocycles. The number of hydrogen-bond acceptors (Lipinski definition) is 2. The second-order valence-corrected chi connectivity index (χ2v) is 31.6. The molecule has 16 aromatic carbocycles. The van der Waals surface area contributed by atoms with Crippen LogP contribution < -0.4 is 0 Å². The van der Waals surface area contributed by atoms with Crippen LogP contribution in [-0.4, -0.2) is 28.2 Å². The number of fused-ring (bicyclic) bond motifs is 18. The monoisotopic (exact) mass is 1430 g/mol. The smallest absolute Gasteiger partial charge is 0.160 e. The molecule has 526 valence electrons. The van der Waals surface area contributed by atoms with Crippen LogP contribution >= 0.6 is 0 Å². The molecule has 5 aromatic heterocycles. The summed E-state index contributed by atoms with van der Waals surface area (Å²) in [6.45, 7) is 9.45. The van der Waals surface area contributed by atoms with Crippen molar-refractivity contribution < 1.29 is 0 Å². The summed E-state index contributed by atoms with van der Waals surface area (Å²) in [6, 6.07) is 135. The molecule has 6 nitrogen and oxygen atoms in total. The number of nitrogens with zero attached hydrogens (tertiary/aromatic N) is 6. The zero-order valence-electron chi connectivity index (χ0n) is 62.3. The fourth-order valence-corrected chi connectivity index (χ4v) is 19.3. The van der Waals surface area contributed by atoms with Crippen molar-refractivity contribution in [2.24, 2.45) is 0 Å². The van der Waals surface area contributed by atoms with Crippen LogP contribution in [0.25, 0.3) is 200 Å². The molecular weight excluding hydrogens is 1360 g/mol. The summed E-state index contributed by atoms with van der Waals surface area (Å²) in [5.74, 6) is 0.655. The number of benzene rings is 16. The maximum atomic E-state index is 5.45. The molecule has 0 bridgehead atoms. The maximum absolute atomic E-state index is 5.45. The fourth-order valence-electron chi connectivity index (χ4n) is 19.3. The van der Waals surface area contributed by atoms with Crippen LogP contribution in [0.4, 0.5) is 0 Å². The van der Waals surface area contributed by atoms with Crippen molar-refractivity contribution in [2.75, 3.05) is 0 Å². The first-order valence-electron chi connectivity index (χ1n) is 38.9. The van der Waals surface area contributed by atoms with E-state index in [4.69, 9.17) is 9.97 Å². The van der Waals surface area contributed by atoms with Gasteiger partial charge in [0.25, 0.3) is 0 Å². The molecule has 0 amide bonds. The van der Waals surface area contributed by atoms with E-state index in [9.17, 15) is 0 Å². The van der Waals surface area contributed by atoms with E-state index < -0.39 is 0 Å². The first-order chi connectivity index (χ1) is 55.0. The van der Waals surface area contributed by atoms with E-state index in [-0.39, 0.29) is 10.8 Å². The van der Waals surface area contributed by atoms with Crippen LogP contribution in [0.5, 0.6) is 0 Å². The first-order valence-corrected chi connectivity index (χ1v) is 38.9. The van der Waals surface area contributed by atoms with Gasteiger partial charge in [0.05, 0.1) is 55.5 Å². The molecule has 0 saturated heterocycles. The van der Waals surface area contributed by atoms with Crippen LogP contribution in [0.2, 0.25) is 0 Å². The Bertz CT molecular complexity index is 7120. The van der Waals surface area contributed by atoms with Gasteiger partial charge in [-0.1, -0.05) is 252 Å². The van der Waals surface area contributed by atoms with Crippen molar-refractivity contribution in [1.29, 1.82) is 0 Å². The third-order valence-electron chi connectivity index (χ3n) is 24.8. The summed E-state index contributed by atoms with van der Waals surface area (Å²) < 4.78 is 9.72. The van der Waals surface area contributed by atoms with E-state index in [1.165, 1.54) is 149 Å². The fraction of sp³-hybridized carbons (Fsp3) is 0.0566. The molecule has 0 spiro atoms. The zero-order valence-corrected chi connectivity index (χ0v) is 62.3. The van der Waals surface area contributed by atoms with Crippen LogP contribution in [-0.2, 0) is 10.8 Å². The van der Waals surface area contributed by atoms with Gasteiger partial charge in [0.2, 0.25) is 0 Å². The van der Waals surface area contributed by atoms with Crippen LogP contribution in [0.15, 0.2) is 364 Å². The van der Waals surface area contributed by atoms with Crippen LogP contribution in [0.3, 0.4) is 0 Å². The molecule has 0 unspecified atom stereocenters. The molecule has 2 aliphatic carbocycles. The molecule has 0 aliphatic heterocycles. The molecule has 112 heavy (non-hydrogen) atoms. The maximum Gasteiger partial charge on any atom is 0.160 e. The van der Waals surface area contributed by atoms with E-state index in [1.54, 1.807) is 0 Å². The Kier molecular flexibility index (Phi) is 13.8. The molecule has 6 heteroatoms. The highest BCUT2D eigenvalue weighted by Crippen LogP contribution is 2.52. The normalized spacial score (nSPS) is 13.3. The van der Waals surface area contributed by atoms with Gasteiger partial charge in [-0.3, -0.25) is 0 Å². The van der Waals surface area contributed by atoms with E-state index >= 15 is 0 Å². The number of para-hydroxylation sites is 4. The lowest BCUT2D eigenvalue weighted by atomic mass is 9.82. The predicted octanol–water partition coefficient (Wildman–Crippen LogP) is 27.5. The summed E-state index contributed by atoms with van der Waals surface area (Å²) in [6.07, 6.45) is 0. The van der Waals surface area contributed by atoms with Crippen molar-refractivity contribution in [3.05, 3.63) is 386 Å². The molecule has 23 rings (SSSR count). The minimum Gasteiger partial charge on any atom is -0.309 e. The minimum absolute atomic E-state index is 0.0995. The average molecular weight is 1430 g/mol. The number of rotatable bonds is 10. The summed E-state index contributed by atoms with van der Waals surface area (Å²) in [4.78, 5) is 10.9. The Morgan fingerprint density at radius 1 is 0.188 bits per heavy atom. The number of aromatic nitrogens is 6. The van der Waals surface area contributed by atoms with Gasteiger partial charge in [0.1, 0.15) is 0 Å². The molecular formula is C106H72N6. The highest BCUT2D eigenvalue weighted by Gasteiger charge is 2.37. The van der Waals surface area contributed by atoms with Gasteiger partial charge in [-0.05, 0) is 217 Å². The highest BCUT2D eigenvalue weighted by atomic mass is 15.0. The van der Waals surface area contributed by atoms with Crippen LogP contribution in [0, 0.1) is 0 Å². The molecule has 0 fully saturated rings. The van der Waals surface area contributed by atoms with Crippen molar-refractivity contribution in [3.8, 4) is 112 Å². The molecule has 21 aromatic rings. The van der Waals surface area contributed by atoms with Crippen molar-refractivity contribution in [3.63, 3.8) is 0 Å². The van der Waals surface area contributed by atoms with E-state index in [2.05, 4.69) is 410 Å². The standard InChI is InChI=1S/C106H72N6/c1-105(2)90-28-14-8-22-78(90)80-52-50-76(62-92(80)105)111-98-32-18-12-26-84(98)88-60-72(44-56-102(88)111)70-42-54-100-86(58-70)82-24-10-16-30-96(82)109(100)74-46-38-68(39-47-74)95-64-94(67-36-34-66(35-37-67)65-20-6-5-7-21-65)107-104(108-95)69-40-48-75(49-41-69)110-97-31-17-11-25-83(97)87-59-71(43-55-101(87)110)73-45-57-103-89(61-73)85-27-13-19-33-99(85)112(103)77-51-53-81-79-23-9-15-29-91(79)106(3,4)93(81)63-77/h5-64H,1-4H3. The zero-order chi connectivity index (χ0) is 74.2. The average Bonchev–Trinajstić information content (AvgIpc) is 1.54. The van der Waals surface area contributed by atoms with Gasteiger partial charge in [-0.15, -0.1) is 0 Å².